The van der Waals surface area contributed by atoms with Crippen molar-refractivity contribution in [3.05, 3.63) is 34.3 Å². The van der Waals surface area contributed by atoms with Crippen molar-refractivity contribution in [2.75, 3.05) is 7.05 Å². The van der Waals surface area contributed by atoms with E-state index in [1.807, 2.05) is 13.1 Å². The summed E-state index contributed by atoms with van der Waals surface area (Å²) in [6.07, 6.45) is 1.11. The lowest BCUT2D eigenvalue weighted by atomic mass is 9.85. The van der Waals surface area contributed by atoms with Gasteiger partial charge in [0.1, 0.15) is 0 Å². The topological polar surface area (TPSA) is 12.0 Å². The fraction of sp³-hybridized carbons (Fsp3) is 0.500. The molecular weight excluding hydrogens is 194 g/mol. The summed E-state index contributed by atoms with van der Waals surface area (Å²) in [7, 11) is 2.02. The predicted molar refractivity (Wildman–Crippen MR) is 60.7 cm³/mol. The van der Waals surface area contributed by atoms with Crippen LogP contribution in [0, 0.1) is 5.41 Å². The molecule has 0 amide bonds. The molecule has 1 aromatic rings. The maximum atomic E-state index is 5.99. The van der Waals surface area contributed by atoms with Crippen LogP contribution in [0.25, 0.3) is 0 Å². The number of benzene rings is 1. The number of halogens is 1. The average Bonchev–Trinajstić information content (AvgIpc) is 2.33. The molecule has 1 aliphatic carbocycles. The van der Waals surface area contributed by atoms with E-state index in [-0.39, 0.29) is 0 Å². The SMILES string of the molecule is CNC1c2ccc(Cl)cc2CC1(C)C. The number of hydrogen-bond acceptors (Lipinski definition) is 1. The molecular formula is C12H16ClN. The molecule has 0 saturated heterocycles. The molecule has 0 aliphatic heterocycles. The van der Waals surface area contributed by atoms with Crippen LogP contribution >= 0.6 is 11.6 Å². The first-order chi connectivity index (χ1) is 6.54. The van der Waals surface area contributed by atoms with Crippen LogP contribution in [-0.2, 0) is 6.42 Å². The third-order valence-electron chi connectivity index (χ3n) is 3.13. The molecule has 0 bridgehead atoms. The quantitative estimate of drug-likeness (QED) is 0.749. The highest BCUT2D eigenvalue weighted by Gasteiger charge is 2.37. The molecule has 0 heterocycles. The summed E-state index contributed by atoms with van der Waals surface area (Å²) in [4.78, 5) is 0. The van der Waals surface area contributed by atoms with Crippen LogP contribution in [0.3, 0.4) is 0 Å². The molecule has 76 valence electrons. The predicted octanol–water partition coefficient (Wildman–Crippen LogP) is 3.18. The first-order valence-electron chi connectivity index (χ1n) is 5.00. The third kappa shape index (κ3) is 1.45. The van der Waals surface area contributed by atoms with E-state index < -0.39 is 0 Å². The smallest absolute Gasteiger partial charge is 0.0408 e. The normalized spacial score (nSPS) is 23.6. The number of rotatable bonds is 1. The van der Waals surface area contributed by atoms with Gasteiger partial charge in [0.25, 0.3) is 0 Å². The highest BCUT2D eigenvalue weighted by molar-refractivity contribution is 6.30. The molecule has 0 radical (unpaired) electrons. The molecule has 2 heteroatoms. The minimum atomic E-state index is 0.293. The summed E-state index contributed by atoms with van der Waals surface area (Å²) in [5, 5.41) is 4.23. The fourth-order valence-corrected chi connectivity index (χ4v) is 2.76. The Balaban J connectivity index is 2.48. The van der Waals surface area contributed by atoms with Gasteiger partial charge in [0.15, 0.2) is 0 Å². The molecule has 1 aromatic carbocycles. The molecule has 1 N–H and O–H groups in total. The lowest BCUT2D eigenvalue weighted by molar-refractivity contribution is 0.283. The van der Waals surface area contributed by atoms with E-state index in [0.29, 0.717) is 11.5 Å². The van der Waals surface area contributed by atoms with Crippen molar-refractivity contribution in [1.29, 1.82) is 0 Å². The fourth-order valence-electron chi connectivity index (χ4n) is 2.57. The largest absolute Gasteiger partial charge is 0.313 e. The monoisotopic (exact) mass is 209 g/mol. The Hall–Kier alpha value is -0.530. The summed E-state index contributed by atoms with van der Waals surface area (Å²) in [6.45, 7) is 4.59. The summed E-state index contributed by atoms with van der Waals surface area (Å²) in [6, 6.07) is 6.67. The van der Waals surface area contributed by atoms with Crippen molar-refractivity contribution >= 4 is 11.6 Å². The van der Waals surface area contributed by atoms with E-state index in [1.165, 1.54) is 11.1 Å². The van der Waals surface area contributed by atoms with Crippen molar-refractivity contribution in [3.63, 3.8) is 0 Å². The van der Waals surface area contributed by atoms with E-state index in [0.717, 1.165) is 11.4 Å². The van der Waals surface area contributed by atoms with E-state index in [9.17, 15) is 0 Å². The van der Waals surface area contributed by atoms with Crippen molar-refractivity contribution in [2.24, 2.45) is 5.41 Å². The zero-order valence-corrected chi connectivity index (χ0v) is 9.65. The first-order valence-corrected chi connectivity index (χ1v) is 5.38. The molecule has 1 nitrogen and oxygen atoms in total. The Morgan fingerprint density at radius 1 is 1.43 bits per heavy atom. The van der Waals surface area contributed by atoms with Gasteiger partial charge >= 0.3 is 0 Å². The maximum Gasteiger partial charge on any atom is 0.0408 e. The van der Waals surface area contributed by atoms with Gasteiger partial charge in [0.05, 0.1) is 0 Å². The highest BCUT2D eigenvalue weighted by Crippen LogP contribution is 2.45. The molecule has 2 rings (SSSR count). The molecule has 0 aromatic heterocycles. The Morgan fingerprint density at radius 2 is 2.14 bits per heavy atom. The number of hydrogen-bond donors (Lipinski definition) is 1. The first kappa shape index (κ1) is 10.0. The molecule has 1 aliphatic rings. The van der Waals surface area contributed by atoms with Crippen LogP contribution in [0.4, 0.5) is 0 Å². The molecule has 0 spiro atoms. The van der Waals surface area contributed by atoms with E-state index in [2.05, 4.69) is 31.3 Å². The van der Waals surface area contributed by atoms with Gasteiger partial charge < -0.3 is 5.32 Å². The van der Waals surface area contributed by atoms with Gasteiger partial charge in [0, 0.05) is 11.1 Å². The Morgan fingerprint density at radius 3 is 2.79 bits per heavy atom. The number of nitrogens with one attached hydrogen (secondary N) is 1. The summed E-state index contributed by atoms with van der Waals surface area (Å²) in [5.41, 5.74) is 3.09. The Bertz CT molecular complexity index is 357. The second kappa shape index (κ2) is 3.25. The van der Waals surface area contributed by atoms with Crippen LogP contribution in [0.15, 0.2) is 18.2 Å². The third-order valence-corrected chi connectivity index (χ3v) is 3.37. The van der Waals surface area contributed by atoms with Gasteiger partial charge in [-0.2, -0.15) is 0 Å². The van der Waals surface area contributed by atoms with Crippen LogP contribution in [0.2, 0.25) is 5.02 Å². The zero-order chi connectivity index (χ0) is 10.3. The zero-order valence-electron chi connectivity index (χ0n) is 8.89. The van der Waals surface area contributed by atoms with E-state index in [1.54, 1.807) is 0 Å². The second-order valence-corrected chi connectivity index (χ2v) is 5.17. The Kier molecular flexibility index (Phi) is 2.32. The molecule has 0 fully saturated rings. The minimum absolute atomic E-state index is 0.293. The van der Waals surface area contributed by atoms with Gasteiger partial charge in [-0.05, 0) is 42.1 Å². The summed E-state index contributed by atoms with van der Waals surface area (Å²) in [5.74, 6) is 0. The lowest BCUT2D eigenvalue weighted by Gasteiger charge is -2.27. The van der Waals surface area contributed by atoms with Crippen LogP contribution < -0.4 is 5.32 Å². The van der Waals surface area contributed by atoms with E-state index >= 15 is 0 Å². The highest BCUT2D eigenvalue weighted by atomic mass is 35.5. The standard InChI is InChI=1S/C12H16ClN/c1-12(2)7-8-6-9(13)4-5-10(8)11(12)14-3/h4-6,11,14H,7H2,1-3H3. The van der Waals surface area contributed by atoms with Gasteiger partial charge in [-0.15, -0.1) is 0 Å². The minimum Gasteiger partial charge on any atom is -0.313 e. The lowest BCUT2D eigenvalue weighted by Crippen LogP contribution is -2.28. The van der Waals surface area contributed by atoms with Gasteiger partial charge in [-0.1, -0.05) is 31.5 Å². The van der Waals surface area contributed by atoms with Crippen LogP contribution in [0.1, 0.15) is 31.0 Å². The van der Waals surface area contributed by atoms with Gasteiger partial charge in [-0.25, -0.2) is 0 Å². The number of fused-ring (bicyclic) bond motifs is 1. The molecule has 1 unspecified atom stereocenters. The Labute approximate surface area is 90.5 Å². The molecule has 1 atom stereocenters. The average molecular weight is 210 g/mol. The van der Waals surface area contributed by atoms with Crippen molar-refractivity contribution in [2.45, 2.75) is 26.3 Å². The maximum absolute atomic E-state index is 5.99. The van der Waals surface area contributed by atoms with Crippen molar-refractivity contribution < 1.29 is 0 Å². The van der Waals surface area contributed by atoms with E-state index in [4.69, 9.17) is 11.6 Å². The summed E-state index contributed by atoms with van der Waals surface area (Å²) >= 11 is 5.99. The molecule has 14 heavy (non-hydrogen) atoms. The summed E-state index contributed by atoms with van der Waals surface area (Å²) < 4.78 is 0. The van der Waals surface area contributed by atoms with Crippen molar-refractivity contribution in [3.8, 4) is 0 Å². The van der Waals surface area contributed by atoms with Gasteiger partial charge in [0.2, 0.25) is 0 Å². The van der Waals surface area contributed by atoms with Crippen molar-refractivity contribution in [1.82, 2.24) is 5.32 Å². The molecule has 0 saturated carbocycles. The van der Waals surface area contributed by atoms with Crippen LogP contribution in [-0.4, -0.2) is 7.05 Å². The second-order valence-electron chi connectivity index (χ2n) is 4.73. The van der Waals surface area contributed by atoms with Crippen LogP contribution in [0.5, 0.6) is 0 Å². The van der Waals surface area contributed by atoms with Gasteiger partial charge in [-0.3, -0.25) is 0 Å².